The SMILES string of the molecule is CCn1c(N2CCNCC2)nc2c1c(=O)[nH]c(=O)n2C(C)C. The van der Waals surface area contributed by atoms with Crippen LogP contribution in [0.3, 0.4) is 0 Å². The number of hydrogen-bond acceptors (Lipinski definition) is 5. The largest absolute Gasteiger partial charge is 0.340 e. The number of fused-ring (bicyclic) bond motifs is 1. The first-order chi connectivity index (χ1) is 10.5. The topological polar surface area (TPSA) is 88.0 Å². The van der Waals surface area contributed by atoms with Crippen LogP contribution in [0.15, 0.2) is 9.59 Å². The van der Waals surface area contributed by atoms with Crippen molar-refractivity contribution in [2.24, 2.45) is 0 Å². The molecule has 2 aromatic heterocycles. The van der Waals surface area contributed by atoms with Crippen LogP contribution in [0, 0.1) is 0 Å². The number of nitrogens with zero attached hydrogens (tertiary/aromatic N) is 4. The summed E-state index contributed by atoms with van der Waals surface area (Å²) in [6.45, 7) is 9.90. The standard InChI is InChI=1S/C14H22N6O2/c1-4-19-10-11(16-13(19)18-7-5-15-6-8-18)20(9(2)3)14(22)17-12(10)21/h9,15H,4-8H2,1-3H3,(H,17,21,22). The number of imidazole rings is 1. The van der Waals surface area contributed by atoms with Crippen molar-refractivity contribution in [3.8, 4) is 0 Å². The van der Waals surface area contributed by atoms with Crippen molar-refractivity contribution in [2.75, 3.05) is 31.1 Å². The molecule has 0 unspecified atom stereocenters. The molecular formula is C14H22N6O2. The number of hydrogen-bond donors (Lipinski definition) is 2. The highest BCUT2D eigenvalue weighted by atomic mass is 16.2. The summed E-state index contributed by atoms with van der Waals surface area (Å²) >= 11 is 0. The molecule has 0 aliphatic carbocycles. The number of aryl methyl sites for hydroxylation is 1. The second-order valence-corrected chi connectivity index (χ2v) is 5.79. The smallest absolute Gasteiger partial charge is 0.330 e. The zero-order valence-electron chi connectivity index (χ0n) is 13.2. The Balaban J connectivity index is 2.31. The van der Waals surface area contributed by atoms with Gasteiger partial charge in [0.1, 0.15) is 0 Å². The van der Waals surface area contributed by atoms with Crippen LogP contribution in [0.5, 0.6) is 0 Å². The quantitative estimate of drug-likeness (QED) is 0.826. The number of anilines is 1. The lowest BCUT2D eigenvalue weighted by molar-refractivity contribution is 0.569. The summed E-state index contributed by atoms with van der Waals surface area (Å²) in [4.78, 5) is 33.6. The molecule has 1 aliphatic rings. The first-order valence-corrected chi connectivity index (χ1v) is 7.75. The van der Waals surface area contributed by atoms with Crippen molar-refractivity contribution < 1.29 is 0 Å². The van der Waals surface area contributed by atoms with Gasteiger partial charge in [-0.05, 0) is 20.8 Å². The van der Waals surface area contributed by atoms with Gasteiger partial charge in [-0.1, -0.05) is 0 Å². The van der Waals surface area contributed by atoms with Gasteiger partial charge in [-0.3, -0.25) is 14.3 Å². The summed E-state index contributed by atoms with van der Waals surface area (Å²) in [6, 6.07) is -0.0667. The Morgan fingerprint density at radius 3 is 2.50 bits per heavy atom. The van der Waals surface area contributed by atoms with Crippen LogP contribution in [0.1, 0.15) is 26.8 Å². The minimum atomic E-state index is -0.403. The molecule has 1 aliphatic heterocycles. The minimum Gasteiger partial charge on any atom is -0.340 e. The Kier molecular flexibility index (Phi) is 3.78. The molecule has 8 heteroatoms. The molecule has 0 atom stereocenters. The maximum absolute atomic E-state index is 12.3. The van der Waals surface area contributed by atoms with E-state index >= 15 is 0 Å². The Labute approximate surface area is 127 Å². The minimum absolute atomic E-state index is 0.0667. The first kappa shape index (κ1) is 14.8. The molecule has 0 aromatic carbocycles. The molecule has 3 heterocycles. The number of rotatable bonds is 3. The van der Waals surface area contributed by atoms with Crippen molar-refractivity contribution in [2.45, 2.75) is 33.4 Å². The van der Waals surface area contributed by atoms with Gasteiger partial charge in [-0.2, -0.15) is 4.98 Å². The molecule has 0 radical (unpaired) electrons. The molecule has 120 valence electrons. The lowest BCUT2D eigenvalue weighted by Crippen LogP contribution is -2.44. The van der Waals surface area contributed by atoms with Gasteiger partial charge in [0, 0.05) is 38.8 Å². The molecule has 1 saturated heterocycles. The highest BCUT2D eigenvalue weighted by molar-refractivity contribution is 5.74. The lowest BCUT2D eigenvalue weighted by Gasteiger charge is -2.28. The van der Waals surface area contributed by atoms with Crippen LogP contribution >= 0.6 is 0 Å². The van der Waals surface area contributed by atoms with Crippen LogP contribution in [-0.4, -0.2) is 45.3 Å². The van der Waals surface area contributed by atoms with Gasteiger partial charge < -0.3 is 14.8 Å². The van der Waals surface area contributed by atoms with Crippen molar-refractivity contribution in [1.29, 1.82) is 0 Å². The zero-order valence-corrected chi connectivity index (χ0v) is 13.2. The second kappa shape index (κ2) is 5.60. The third kappa shape index (κ3) is 2.23. The normalized spacial score (nSPS) is 15.9. The molecule has 2 aromatic rings. The highest BCUT2D eigenvalue weighted by Gasteiger charge is 2.23. The van der Waals surface area contributed by atoms with E-state index in [9.17, 15) is 9.59 Å². The van der Waals surface area contributed by atoms with E-state index in [1.165, 1.54) is 0 Å². The van der Waals surface area contributed by atoms with Crippen LogP contribution in [-0.2, 0) is 6.54 Å². The summed E-state index contributed by atoms with van der Waals surface area (Å²) in [5.74, 6) is 0.768. The van der Waals surface area contributed by atoms with E-state index in [1.807, 2.05) is 25.3 Å². The van der Waals surface area contributed by atoms with Crippen molar-refractivity contribution in [3.05, 3.63) is 20.8 Å². The molecule has 1 fully saturated rings. The average molecular weight is 306 g/mol. The van der Waals surface area contributed by atoms with Crippen molar-refractivity contribution in [1.82, 2.24) is 24.4 Å². The van der Waals surface area contributed by atoms with Crippen LogP contribution < -0.4 is 21.5 Å². The maximum atomic E-state index is 12.3. The second-order valence-electron chi connectivity index (χ2n) is 5.79. The molecule has 3 rings (SSSR count). The lowest BCUT2D eigenvalue weighted by atomic mass is 10.3. The molecule has 2 N–H and O–H groups in total. The predicted octanol–water partition coefficient (Wildman–Crippen LogP) is -0.103. The van der Waals surface area contributed by atoms with E-state index in [0.29, 0.717) is 17.7 Å². The van der Waals surface area contributed by atoms with Crippen molar-refractivity contribution in [3.63, 3.8) is 0 Å². The van der Waals surface area contributed by atoms with Gasteiger partial charge in [0.05, 0.1) is 0 Å². The Morgan fingerprint density at radius 2 is 1.91 bits per heavy atom. The average Bonchev–Trinajstić information content (AvgIpc) is 2.87. The Hall–Kier alpha value is -2.09. The molecule has 0 saturated carbocycles. The third-order valence-corrected chi connectivity index (χ3v) is 4.04. The van der Waals surface area contributed by atoms with Gasteiger partial charge >= 0.3 is 5.69 Å². The number of aromatic amines is 1. The van der Waals surface area contributed by atoms with E-state index in [4.69, 9.17) is 0 Å². The Bertz CT molecular complexity index is 794. The fourth-order valence-corrected chi connectivity index (χ4v) is 3.02. The summed E-state index contributed by atoms with van der Waals surface area (Å²) in [7, 11) is 0. The van der Waals surface area contributed by atoms with Crippen molar-refractivity contribution >= 4 is 17.1 Å². The van der Waals surface area contributed by atoms with E-state index in [1.54, 1.807) is 4.57 Å². The zero-order chi connectivity index (χ0) is 15.9. The van der Waals surface area contributed by atoms with Gasteiger partial charge in [0.25, 0.3) is 5.56 Å². The van der Waals surface area contributed by atoms with Gasteiger partial charge in [0.15, 0.2) is 11.2 Å². The summed E-state index contributed by atoms with van der Waals surface area (Å²) in [6.07, 6.45) is 0. The van der Waals surface area contributed by atoms with Gasteiger partial charge in [-0.15, -0.1) is 0 Å². The molecule has 8 nitrogen and oxygen atoms in total. The van der Waals surface area contributed by atoms with Gasteiger partial charge in [0.2, 0.25) is 5.95 Å². The fourth-order valence-electron chi connectivity index (χ4n) is 3.02. The van der Waals surface area contributed by atoms with E-state index < -0.39 is 5.69 Å². The predicted molar refractivity (Wildman–Crippen MR) is 85.8 cm³/mol. The first-order valence-electron chi connectivity index (χ1n) is 7.75. The van der Waals surface area contributed by atoms with Gasteiger partial charge in [-0.25, -0.2) is 4.79 Å². The number of H-pyrrole nitrogens is 1. The fraction of sp³-hybridized carbons (Fsp3) is 0.643. The van der Waals surface area contributed by atoms with E-state index in [0.717, 1.165) is 32.1 Å². The number of aromatic nitrogens is 4. The molecule has 0 bridgehead atoms. The molecule has 0 amide bonds. The monoisotopic (exact) mass is 306 g/mol. The number of nitrogens with one attached hydrogen (secondary N) is 2. The molecule has 22 heavy (non-hydrogen) atoms. The maximum Gasteiger partial charge on any atom is 0.330 e. The van der Waals surface area contributed by atoms with E-state index in [-0.39, 0.29) is 11.6 Å². The van der Waals surface area contributed by atoms with Crippen LogP contribution in [0.4, 0.5) is 5.95 Å². The van der Waals surface area contributed by atoms with Crippen LogP contribution in [0.25, 0.3) is 11.2 Å². The highest BCUT2D eigenvalue weighted by Crippen LogP contribution is 2.21. The third-order valence-electron chi connectivity index (χ3n) is 4.04. The summed E-state index contributed by atoms with van der Waals surface area (Å²) in [5.41, 5.74) is 0.177. The molecular weight excluding hydrogens is 284 g/mol. The Morgan fingerprint density at radius 1 is 1.23 bits per heavy atom. The van der Waals surface area contributed by atoms with E-state index in [2.05, 4.69) is 20.2 Å². The summed E-state index contributed by atoms with van der Waals surface area (Å²) < 4.78 is 3.45. The summed E-state index contributed by atoms with van der Waals surface area (Å²) in [5, 5.41) is 3.30. The van der Waals surface area contributed by atoms with Crippen LogP contribution in [0.2, 0.25) is 0 Å². The number of piperazine rings is 1. The molecule has 0 spiro atoms.